The van der Waals surface area contributed by atoms with Crippen molar-refractivity contribution in [3.05, 3.63) is 46.6 Å². The van der Waals surface area contributed by atoms with E-state index in [9.17, 15) is 0 Å². The molecule has 5 heteroatoms. The Labute approximate surface area is 121 Å². The van der Waals surface area contributed by atoms with Gasteiger partial charge in [-0.05, 0) is 43.3 Å². The summed E-state index contributed by atoms with van der Waals surface area (Å²) in [6.45, 7) is 3.85. The van der Waals surface area contributed by atoms with Gasteiger partial charge in [-0.2, -0.15) is 5.10 Å². The normalized spacial score (nSPS) is 10.4. The monoisotopic (exact) mass is 321 g/mol. The second-order valence-corrected chi connectivity index (χ2v) is 5.01. The molecular formula is C14H16BrN3O. The molecule has 0 unspecified atom stereocenters. The number of halogens is 1. The molecule has 0 saturated heterocycles. The van der Waals surface area contributed by atoms with Crippen molar-refractivity contribution in [3.8, 4) is 11.6 Å². The summed E-state index contributed by atoms with van der Waals surface area (Å²) in [6.07, 6.45) is 1.11. The molecule has 1 N–H and O–H groups in total. The highest BCUT2D eigenvalue weighted by molar-refractivity contribution is 9.10. The van der Waals surface area contributed by atoms with Crippen LogP contribution in [0.4, 0.5) is 0 Å². The number of hydrogen-bond acceptors (Lipinski definition) is 4. The van der Waals surface area contributed by atoms with E-state index < -0.39 is 0 Å². The van der Waals surface area contributed by atoms with Crippen LogP contribution in [0.25, 0.3) is 0 Å². The maximum absolute atomic E-state index is 5.60. The first-order chi connectivity index (χ1) is 9.28. The molecule has 100 valence electrons. The van der Waals surface area contributed by atoms with Crippen molar-refractivity contribution in [2.24, 2.45) is 0 Å². The van der Waals surface area contributed by atoms with Gasteiger partial charge in [-0.25, -0.2) is 0 Å². The Morgan fingerprint density at radius 1 is 1.11 bits per heavy atom. The molecular weight excluding hydrogens is 306 g/mol. The van der Waals surface area contributed by atoms with E-state index in [1.165, 1.54) is 0 Å². The van der Waals surface area contributed by atoms with E-state index in [-0.39, 0.29) is 0 Å². The lowest BCUT2D eigenvalue weighted by atomic mass is 10.3. The van der Waals surface area contributed by atoms with Gasteiger partial charge in [-0.15, -0.1) is 5.10 Å². The second kappa shape index (κ2) is 7.21. The molecule has 0 atom stereocenters. The van der Waals surface area contributed by atoms with Crippen molar-refractivity contribution in [1.29, 1.82) is 0 Å². The lowest BCUT2D eigenvalue weighted by molar-refractivity contribution is 0.453. The van der Waals surface area contributed by atoms with Crippen LogP contribution in [-0.4, -0.2) is 16.7 Å². The van der Waals surface area contributed by atoms with E-state index in [2.05, 4.69) is 38.4 Å². The molecule has 4 nitrogen and oxygen atoms in total. The van der Waals surface area contributed by atoms with Gasteiger partial charge >= 0.3 is 0 Å². The Kier molecular flexibility index (Phi) is 5.30. The number of rotatable bonds is 6. The Morgan fingerprint density at radius 3 is 2.53 bits per heavy atom. The zero-order valence-electron chi connectivity index (χ0n) is 10.8. The molecule has 1 aromatic carbocycles. The molecule has 0 aliphatic heterocycles. The van der Waals surface area contributed by atoms with Crippen LogP contribution in [-0.2, 0) is 6.54 Å². The fourth-order valence-corrected chi connectivity index (χ4v) is 1.78. The Hall–Kier alpha value is -1.46. The smallest absolute Gasteiger partial charge is 0.238 e. The molecule has 1 heterocycles. The average molecular weight is 322 g/mol. The predicted molar refractivity (Wildman–Crippen MR) is 78.2 cm³/mol. The average Bonchev–Trinajstić information content (AvgIpc) is 2.44. The van der Waals surface area contributed by atoms with Gasteiger partial charge in [-0.1, -0.05) is 22.9 Å². The molecule has 0 radical (unpaired) electrons. The molecule has 19 heavy (non-hydrogen) atoms. The van der Waals surface area contributed by atoms with Crippen LogP contribution in [0.2, 0.25) is 0 Å². The third-order valence-electron chi connectivity index (χ3n) is 2.46. The van der Waals surface area contributed by atoms with Gasteiger partial charge in [0.2, 0.25) is 5.88 Å². The van der Waals surface area contributed by atoms with E-state index in [1.807, 2.05) is 36.4 Å². The predicted octanol–water partition coefficient (Wildman–Crippen LogP) is 3.53. The minimum atomic E-state index is 0.501. The third kappa shape index (κ3) is 4.61. The summed E-state index contributed by atoms with van der Waals surface area (Å²) in [5, 5.41) is 11.4. The summed E-state index contributed by atoms with van der Waals surface area (Å²) >= 11 is 3.38. The van der Waals surface area contributed by atoms with E-state index >= 15 is 0 Å². The van der Waals surface area contributed by atoms with Crippen molar-refractivity contribution >= 4 is 15.9 Å². The highest BCUT2D eigenvalue weighted by Crippen LogP contribution is 2.21. The molecule has 0 bridgehead atoms. The SMILES string of the molecule is CCCNCc1ccc(Oc2ccc(Br)cc2)nn1. The van der Waals surface area contributed by atoms with E-state index in [4.69, 9.17) is 4.74 Å². The van der Waals surface area contributed by atoms with Gasteiger partial charge < -0.3 is 10.1 Å². The zero-order chi connectivity index (χ0) is 13.5. The lowest BCUT2D eigenvalue weighted by Crippen LogP contribution is -2.15. The largest absolute Gasteiger partial charge is 0.438 e. The van der Waals surface area contributed by atoms with Crippen molar-refractivity contribution in [2.45, 2.75) is 19.9 Å². The molecule has 0 amide bonds. The maximum Gasteiger partial charge on any atom is 0.238 e. The highest BCUT2D eigenvalue weighted by Gasteiger charge is 2.00. The molecule has 2 rings (SSSR count). The first kappa shape index (κ1) is 14.0. The Balaban J connectivity index is 1.92. The summed E-state index contributed by atoms with van der Waals surface area (Å²) in [5.41, 5.74) is 0.914. The molecule has 0 aliphatic rings. The summed E-state index contributed by atoms with van der Waals surface area (Å²) in [5.74, 6) is 1.25. The first-order valence-electron chi connectivity index (χ1n) is 6.24. The van der Waals surface area contributed by atoms with Gasteiger partial charge in [0.15, 0.2) is 0 Å². The minimum absolute atomic E-state index is 0.501. The Morgan fingerprint density at radius 2 is 1.89 bits per heavy atom. The minimum Gasteiger partial charge on any atom is -0.438 e. The van der Waals surface area contributed by atoms with Crippen LogP contribution < -0.4 is 10.1 Å². The van der Waals surface area contributed by atoms with E-state index in [1.54, 1.807) is 0 Å². The van der Waals surface area contributed by atoms with Crippen LogP contribution in [0.1, 0.15) is 19.0 Å². The number of nitrogens with one attached hydrogen (secondary N) is 1. The molecule has 0 spiro atoms. The molecule has 0 fully saturated rings. The second-order valence-electron chi connectivity index (χ2n) is 4.10. The first-order valence-corrected chi connectivity index (χ1v) is 7.04. The number of benzene rings is 1. The van der Waals surface area contributed by atoms with Crippen molar-refractivity contribution < 1.29 is 4.74 Å². The van der Waals surface area contributed by atoms with Crippen molar-refractivity contribution in [3.63, 3.8) is 0 Å². The van der Waals surface area contributed by atoms with Gasteiger partial charge in [0, 0.05) is 17.1 Å². The van der Waals surface area contributed by atoms with Crippen molar-refractivity contribution in [2.75, 3.05) is 6.54 Å². The van der Waals surface area contributed by atoms with Crippen LogP contribution in [0, 0.1) is 0 Å². The highest BCUT2D eigenvalue weighted by atomic mass is 79.9. The van der Waals surface area contributed by atoms with Gasteiger partial charge in [-0.3, -0.25) is 0 Å². The van der Waals surface area contributed by atoms with Crippen LogP contribution in [0.5, 0.6) is 11.6 Å². The number of hydrogen-bond donors (Lipinski definition) is 1. The topological polar surface area (TPSA) is 47.0 Å². The summed E-state index contributed by atoms with van der Waals surface area (Å²) in [7, 11) is 0. The van der Waals surface area contributed by atoms with Crippen LogP contribution >= 0.6 is 15.9 Å². The molecule has 2 aromatic rings. The standard InChI is InChI=1S/C14H16BrN3O/c1-2-9-16-10-12-5-8-14(18-17-12)19-13-6-3-11(15)4-7-13/h3-8,16H,2,9-10H2,1H3. The Bertz CT molecular complexity index is 499. The number of nitrogens with zero attached hydrogens (tertiary/aromatic N) is 2. The van der Waals surface area contributed by atoms with Gasteiger partial charge in [0.05, 0.1) is 5.69 Å². The van der Waals surface area contributed by atoms with Crippen LogP contribution in [0.15, 0.2) is 40.9 Å². The summed E-state index contributed by atoms with van der Waals surface area (Å²) in [6, 6.07) is 11.4. The number of aromatic nitrogens is 2. The van der Waals surface area contributed by atoms with Gasteiger partial charge in [0.25, 0.3) is 0 Å². The van der Waals surface area contributed by atoms with Crippen molar-refractivity contribution in [1.82, 2.24) is 15.5 Å². The van der Waals surface area contributed by atoms with Crippen LogP contribution in [0.3, 0.4) is 0 Å². The summed E-state index contributed by atoms with van der Waals surface area (Å²) < 4.78 is 6.62. The maximum atomic E-state index is 5.60. The number of ether oxygens (including phenoxy) is 1. The van der Waals surface area contributed by atoms with Gasteiger partial charge in [0.1, 0.15) is 5.75 Å². The fraction of sp³-hybridized carbons (Fsp3) is 0.286. The lowest BCUT2D eigenvalue weighted by Gasteiger charge is -2.05. The fourth-order valence-electron chi connectivity index (χ4n) is 1.51. The molecule has 1 aromatic heterocycles. The zero-order valence-corrected chi connectivity index (χ0v) is 12.4. The molecule has 0 saturated carbocycles. The quantitative estimate of drug-likeness (QED) is 0.827. The third-order valence-corrected chi connectivity index (χ3v) is 2.99. The summed E-state index contributed by atoms with van der Waals surface area (Å²) in [4.78, 5) is 0. The molecule has 0 aliphatic carbocycles. The van der Waals surface area contributed by atoms with E-state index in [0.717, 1.165) is 35.4 Å². The van der Waals surface area contributed by atoms with E-state index in [0.29, 0.717) is 5.88 Å².